The Labute approximate surface area is 145 Å². The van der Waals surface area contributed by atoms with Crippen molar-refractivity contribution in [3.05, 3.63) is 47.1 Å². The number of aromatic nitrogens is 4. The smallest absolute Gasteiger partial charge is 0.269 e. The van der Waals surface area contributed by atoms with Crippen molar-refractivity contribution in [2.45, 2.75) is 26.8 Å². The van der Waals surface area contributed by atoms with Crippen molar-refractivity contribution < 1.29 is 4.79 Å². The van der Waals surface area contributed by atoms with Crippen molar-refractivity contribution in [2.24, 2.45) is 5.92 Å². The number of hydrogen-bond donors (Lipinski definition) is 2. The molecule has 24 heavy (non-hydrogen) atoms. The molecule has 0 fully saturated rings. The standard InChI is InChI=1S/C17H20ClN5O/c1-11(2)10-23-15(4-6-22-23)17(24)19-5-3-12-8-20-14-9-21-16(18)7-13(12)14/h4,6-9,11,20H,3,5,10H2,1-2H3,(H,19,24). The van der Waals surface area contributed by atoms with E-state index in [2.05, 4.69) is 34.2 Å². The predicted molar refractivity (Wildman–Crippen MR) is 94.2 cm³/mol. The third-order valence-electron chi connectivity index (χ3n) is 3.79. The van der Waals surface area contributed by atoms with E-state index in [-0.39, 0.29) is 5.91 Å². The largest absolute Gasteiger partial charge is 0.360 e. The van der Waals surface area contributed by atoms with Crippen molar-refractivity contribution >= 4 is 28.4 Å². The van der Waals surface area contributed by atoms with E-state index >= 15 is 0 Å². The number of pyridine rings is 1. The molecule has 0 saturated heterocycles. The molecule has 0 aliphatic carbocycles. The Morgan fingerprint density at radius 2 is 2.29 bits per heavy atom. The molecule has 0 aliphatic rings. The number of nitrogens with one attached hydrogen (secondary N) is 2. The van der Waals surface area contributed by atoms with Crippen molar-refractivity contribution in [1.82, 2.24) is 25.1 Å². The van der Waals surface area contributed by atoms with Gasteiger partial charge in [-0.15, -0.1) is 0 Å². The average molecular weight is 346 g/mol. The second kappa shape index (κ2) is 7.05. The van der Waals surface area contributed by atoms with Gasteiger partial charge < -0.3 is 10.3 Å². The summed E-state index contributed by atoms with van der Waals surface area (Å²) in [4.78, 5) is 19.6. The van der Waals surface area contributed by atoms with Gasteiger partial charge in [0, 0.05) is 30.9 Å². The molecule has 7 heteroatoms. The van der Waals surface area contributed by atoms with Crippen LogP contribution in [0.2, 0.25) is 5.15 Å². The van der Waals surface area contributed by atoms with E-state index in [1.807, 2.05) is 12.3 Å². The van der Waals surface area contributed by atoms with Crippen molar-refractivity contribution in [1.29, 1.82) is 0 Å². The molecule has 126 valence electrons. The van der Waals surface area contributed by atoms with Crippen LogP contribution in [0.15, 0.2) is 30.7 Å². The zero-order valence-corrected chi connectivity index (χ0v) is 14.5. The molecule has 0 aliphatic heterocycles. The van der Waals surface area contributed by atoms with Crippen LogP contribution in [0.4, 0.5) is 0 Å². The molecule has 0 bridgehead atoms. The van der Waals surface area contributed by atoms with Gasteiger partial charge in [0.05, 0.1) is 11.7 Å². The highest BCUT2D eigenvalue weighted by molar-refractivity contribution is 6.30. The van der Waals surface area contributed by atoms with E-state index in [1.165, 1.54) is 0 Å². The highest BCUT2D eigenvalue weighted by Crippen LogP contribution is 2.20. The van der Waals surface area contributed by atoms with Crippen LogP contribution >= 0.6 is 11.6 Å². The first-order valence-electron chi connectivity index (χ1n) is 7.96. The molecular formula is C17H20ClN5O. The Kier molecular flexibility index (Phi) is 4.85. The first-order valence-corrected chi connectivity index (χ1v) is 8.34. The number of rotatable bonds is 6. The zero-order valence-electron chi connectivity index (χ0n) is 13.7. The number of fused-ring (bicyclic) bond motifs is 1. The van der Waals surface area contributed by atoms with E-state index in [1.54, 1.807) is 23.1 Å². The van der Waals surface area contributed by atoms with Gasteiger partial charge >= 0.3 is 0 Å². The number of hydrogen-bond acceptors (Lipinski definition) is 3. The molecule has 0 spiro atoms. The number of carbonyl (C=O) groups excluding carboxylic acids is 1. The Morgan fingerprint density at radius 3 is 3.08 bits per heavy atom. The summed E-state index contributed by atoms with van der Waals surface area (Å²) in [5.74, 6) is 0.328. The van der Waals surface area contributed by atoms with E-state index in [0.29, 0.717) is 29.7 Å². The first kappa shape index (κ1) is 16.5. The number of halogens is 1. The minimum absolute atomic E-state index is 0.104. The van der Waals surface area contributed by atoms with Gasteiger partial charge in [-0.3, -0.25) is 9.48 Å². The third kappa shape index (κ3) is 3.59. The van der Waals surface area contributed by atoms with Gasteiger partial charge in [-0.25, -0.2) is 4.98 Å². The zero-order chi connectivity index (χ0) is 17.1. The molecule has 0 atom stereocenters. The summed E-state index contributed by atoms with van der Waals surface area (Å²) in [5.41, 5.74) is 2.64. The van der Waals surface area contributed by atoms with Crippen LogP contribution in [0.1, 0.15) is 29.9 Å². The average Bonchev–Trinajstić information content (AvgIpc) is 3.14. The van der Waals surface area contributed by atoms with Crippen LogP contribution in [-0.2, 0) is 13.0 Å². The Morgan fingerprint density at radius 1 is 1.46 bits per heavy atom. The normalized spacial score (nSPS) is 11.3. The number of aromatic amines is 1. The Hall–Kier alpha value is -2.34. The van der Waals surface area contributed by atoms with Crippen molar-refractivity contribution in [3.8, 4) is 0 Å². The summed E-state index contributed by atoms with van der Waals surface area (Å²) in [7, 11) is 0. The fraction of sp³-hybridized carbons (Fsp3) is 0.353. The third-order valence-corrected chi connectivity index (χ3v) is 3.99. The maximum atomic E-state index is 12.3. The minimum Gasteiger partial charge on any atom is -0.360 e. The quantitative estimate of drug-likeness (QED) is 0.674. The molecule has 3 heterocycles. The second-order valence-electron chi connectivity index (χ2n) is 6.16. The molecule has 6 nitrogen and oxygen atoms in total. The van der Waals surface area contributed by atoms with Gasteiger partial charge in [0.25, 0.3) is 5.91 Å². The maximum Gasteiger partial charge on any atom is 0.269 e. The molecule has 3 aromatic rings. The number of nitrogens with zero attached hydrogens (tertiary/aromatic N) is 3. The van der Waals surface area contributed by atoms with Crippen LogP contribution in [0, 0.1) is 5.92 Å². The second-order valence-corrected chi connectivity index (χ2v) is 6.55. The summed E-state index contributed by atoms with van der Waals surface area (Å²) in [6, 6.07) is 3.58. The fourth-order valence-electron chi connectivity index (χ4n) is 2.68. The van der Waals surface area contributed by atoms with E-state index in [0.717, 1.165) is 23.0 Å². The van der Waals surface area contributed by atoms with Gasteiger partial charge in [0.1, 0.15) is 10.8 Å². The van der Waals surface area contributed by atoms with E-state index < -0.39 is 0 Å². The highest BCUT2D eigenvalue weighted by atomic mass is 35.5. The first-order chi connectivity index (χ1) is 11.5. The summed E-state index contributed by atoms with van der Waals surface area (Å²) < 4.78 is 1.75. The summed E-state index contributed by atoms with van der Waals surface area (Å²) in [6.07, 6.45) is 6.01. The molecule has 1 amide bonds. The van der Waals surface area contributed by atoms with Crippen molar-refractivity contribution in [3.63, 3.8) is 0 Å². The lowest BCUT2D eigenvalue weighted by atomic mass is 10.1. The molecule has 3 rings (SSSR count). The van der Waals surface area contributed by atoms with Gasteiger partial charge in [-0.1, -0.05) is 25.4 Å². The topological polar surface area (TPSA) is 75.6 Å². The van der Waals surface area contributed by atoms with Crippen LogP contribution in [0.3, 0.4) is 0 Å². The van der Waals surface area contributed by atoms with Gasteiger partial charge in [0.15, 0.2) is 0 Å². The van der Waals surface area contributed by atoms with Gasteiger partial charge in [0.2, 0.25) is 0 Å². The summed E-state index contributed by atoms with van der Waals surface area (Å²) in [6.45, 7) is 5.46. The van der Waals surface area contributed by atoms with E-state index in [4.69, 9.17) is 11.6 Å². The lowest BCUT2D eigenvalue weighted by Crippen LogP contribution is -2.28. The number of amides is 1. The highest BCUT2D eigenvalue weighted by Gasteiger charge is 2.13. The SMILES string of the molecule is CC(C)Cn1nccc1C(=O)NCCc1c[nH]c2cnc(Cl)cc12. The number of H-pyrrole nitrogens is 1. The van der Waals surface area contributed by atoms with Gasteiger partial charge in [-0.05, 0) is 30.0 Å². The van der Waals surface area contributed by atoms with Crippen LogP contribution in [0.25, 0.3) is 10.9 Å². The Bertz CT molecular complexity index is 852. The summed E-state index contributed by atoms with van der Waals surface area (Å²) in [5, 5.41) is 8.67. The monoisotopic (exact) mass is 345 g/mol. The molecule has 0 radical (unpaired) electrons. The molecular weight excluding hydrogens is 326 g/mol. The van der Waals surface area contributed by atoms with Gasteiger partial charge in [-0.2, -0.15) is 5.10 Å². The Balaban J connectivity index is 1.62. The lowest BCUT2D eigenvalue weighted by Gasteiger charge is -2.10. The molecule has 0 unspecified atom stereocenters. The number of carbonyl (C=O) groups is 1. The van der Waals surface area contributed by atoms with Crippen LogP contribution < -0.4 is 5.32 Å². The minimum atomic E-state index is -0.104. The van der Waals surface area contributed by atoms with Crippen LogP contribution in [0.5, 0.6) is 0 Å². The lowest BCUT2D eigenvalue weighted by molar-refractivity contribution is 0.0942. The van der Waals surface area contributed by atoms with Crippen LogP contribution in [-0.4, -0.2) is 32.2 Å². The van der Waals surface area contributed by atoms with E-state index in [9.17, 15) is 4.79 Å². The van der Waals surface area contributed by atoms with Crippen molar-refractivity contribution in [2.75, 3.05) is 6.54 Å². The fourth-order valence-corrected chi connectivity index (χ4v) is 2.84. The molecule has 0 saturated carbocycles. The summed E-state index contributed by atoms with van der Waals surface area (Å²) >= 11 is 5.95. The molecule has 2 N–H and O–H groups in total. The molecule has 3 aromatic heterocycles. The maximum absolute atomic E-state index is 12.3. The molecule has 0 aromatic carbocycles. The predicted octanol–water partition coefficient (Wildman–Crippen LogP) is 3.04.